The van der Waals surface area contributed by atoms with Crippen molar-refractivity contribution in [1.82, 2.24) is 24.7 Å². The van der Waals surface area contributed by atoms with E-state index in [2.05, 4.69) is 67.0 Å². The zero-order chi connectivity index (χ0) is 31.5. The van der Waals surface area contributed by atoms with Gasteiger partial charge in [0.2, 0.25) is 11.8 Å². The Kier molecular flexibility index (Phi) is 9.99. The van der Waals surface area contributed by atoms with Crippen LogP contribution in [0.25, 0.3) is 0 Å². The van der Waals surface area contributed by atoms with Crippen LogP contribution in [0.2, 0.25) is 0 Å². The van der Waals surface area contributed by atoms with E-state index < -0.39 is 6.04 Å². The van der Waals surface area contributed by atoms with E-state index in [0.717, 1.165) is 63.6 Å². The van der Waals surface area contributed by atoms with Gasteiger partial charge in [-0.05, 0) is 80.2 Å². The van der Waals surface area contributed by atoms with Gasteiger partial charge in [-0.3, -0.25) is 24.6 Å². The van der Waals surface area contributed by atoms with Crippen LogP contribution in [-0.4, -0.2) is 109 Å². The topological polar surface area (TPSA) is 91.5 Å². The molecule has 0 aliphatic carbocycles. The minimum Gasteiger partial charge on any atom is -0.369 e. The van der Waals surface area contributed by atoms with Crippen LogP contribution < -0.4 is 20.4 Å². The molecule has 4 fully saturated rings. The number of anilines is 2. The molecule has 3 amide bonds. The average Bonchev–Trinajstić information content (AvgIpc) is 3.37. The molecule has 2 aromatic carbocycles. The number of carbonyl (C=O) groups is 3. The van der Waals surface area contributed by atoms with Gasteiger partial charge in [-0.2, -0.15) is 0 Å². The standard InChI is InChI=1S/C32H41N7O3S.C2H6/c1-33-23-9-11-38(12-10-23)43-27-4-2-3-24(18-27)35-13-15-36(16-14-35)26-20-37(21-26)25-5-6-28-22(17-25)19-39(32(28)42)29-7-8-30(40)34-31(29)41;1-2/h2-6,17-18,23,26,29,33H,7-16,19-21H2,1H3,(H,34,40,41);1-2H3. The lowest BCUT2D eigenvalue weighted by Crippen LogP contribution is -2.63. The van der Waals surface area contributed by atoms with Gasteiger partial charge >= 0.3 is 0 Å². The van der Waals surface area contributed by atoms with E-state index in [1.54, 1.807) is 4.90 Å². The molecule has 0 radical (unpaired) electrons. The van der Waals surface area contributed by atoms with E-state index in [9.17, 15) is 14.4 Å². The number of nitrogens with zero attached hydrogens (tertiary/aromatic N) is 5. The fraction of sp³-hybridized carbons (Fsp3) is 0.559. The summed E-state index contributed by atoms with van der Waals surface area (Å²) in [5.41, 5.74) is 4.09. The molecule has 5 aliphatic rings. The number of hydrogen-bond acceptors (Lipinski definition) is 9. The Labute approximate surface area is 271 Å². The SMILES string of the molecule is CC.CNC1CCN(Sc2cccc(N3CCN(C4CN(c5ccc6c(c5)CN(C5CCC(=O)NC5=O)C6=O)C4)CC3)c2)CC1. The van der Waals surface area contributed by atoms with E-state index >= 15 is 0 Å². The lowest BCUT2D eigenvalue weighted by molar-refractivity contribution is -0.136. The van der Waals surface area contributed by atoms with E-state index in [1.807, 2.05) is 37.9 Å². The van der Waals surface area contributed by atoms with Crippen LogP contribution >= 0.6 is 11.9 Å². The van der Waals surface area contributed by atoms with Gasteiger partial charge in [0.15, 0.2) is 0 Å². The van der Waals surface area contributed by atoms with Crippen molar-refractivity contribution in [3.8, 4) is 0 Å². The van der Waals surface area contributed by atoms with Crippen molar-refractivity contribution in [2.45, 2.75) is 69.1 Å². The highest BCUT2D eigenvalue weighted by atomic mass is 32.2. The molecule has 0 bridgehead atoms. The van der Waals surface area contributed by atoms with Gasteiger partial charge < -0.3 is 20.0 Å². The van der Waals surface area contributed by atoms with Gasteiger partial charge in [0, 0.05) is 99.2 Å². The van der Waals surface area contributed by atoms with E-state index in [0.29, 0.717) is 30.6 Å². The number of piperazine rings is 1. The molecule has 7 rings (SSSR count). The molecule has 11 heteroatoms. The Morgan fingerprint density at radius 3 is 2.29 bits per heavy atom. The van der Waals surface area contributed by atoms with Gasteiger partial charge in [0.1, 0.15) is 6.04 Å². The number of amides is 3. The minimum absolute atomic E-state index is 0.117. The molecule has 1 unspecified atom stereocenters. The van der Waals surface area contributed by atoms with Crippen molar-refractivity contribution in [2.24, 2.45) is 0 Å². The summed E-state index contributed by atoms with van der Waals surface area (Å²) in [6, 6.07) is 15.7. The van der Waals surface area contributed by atoms with Crippen molar-refractivity contribution < 1.29 is 14.4 Å². The van der Waals surface area contributed by atoms with Crippen LogP contribution in [0.15, 0.2) is 47.4 Å². The van der Waals surface area contributed by atoms with Crippen LogP contribution in [0.3, 0.4) is 0 Å². The normalized spacial score (nSPS) is 23.4. The molecule has 2 aromatic rings. The fourth-order valence-electron chi connectivity index (χ4n) is 7.12. The number of nitrogens with one attached hydrogen (secondary N) is 2. The van der Waals surface area contributed by atoms with Gasteiger partial charge in [-0.15, -0.1) is 0 Å². The van der Waals surface area contributed by atoms with Crippen LogP contribution in [-0.2, 0) is 16.1 Å². The molecule has 45 heavy (non-hydrogen) atoms. The first-order valence-electron chi connectivity index (χ1n) is 16.7. The molecule has 4 saturated heterocycles. The summed E-state index contributed by atoms with van der Waals surface area (Å²) in [6.45, 7) is 12.8. The Morgan fingerprint density at radius 2 is 1.58 bits per heavy atom. The zero-order valence-corrected chi connectivity index (χ0v) is 27.7. The summed E-state index contributed by atoms with van der Waals surface area (Å²) in [7, 11) is 2.07. The Bertz CT molecular complexity index is 1380. The van der Waals surface area contributed by atoms with Crippen LogP contribution in [0.5, 0.6) is 0 Å². The first kappa shape index (κ1) is 31.8. The van der Waals surface area contributed by atoms with Gasteiger partial charge in [0.25, 0.3) is 5.91 Å². The zero-order valence-electron chi connectivity index (χ0n) is 26.8. The molecule has 10 nitrogen and oxygen atoms in total. The highest BCUT2D eigenvalue weighted by Gasteiger charge is 2.40. The predicted molar refractivity (Wildman–Crippen MR) is 180 cm³/mol. The molecule has 0 spiro atoms. The van der Waals surface area contributed by atoms with Crippen molar-refractivity contribution in [1.29, 1.82) is 0 Å². The maximum atomic E-state index is 13.0. The maximum Gasteiger partial charge on any atom is 0.255 e. The molecular formula is C34H47N7O3S. The molecular weight excluding hydrogens is 586 g/mol. The van der Waals surface area contributed by atoms with E-state index in [4.69, 9.17) is 0 Å². The molecule has 5 aliphatic heterocycles. The Balaban J connectivity index is 0.00000175. The summed E-state index contributed by atoms with van der Waals surface area (Å²) >= 11 is 1.90. The smallest absolute Gasteiger partial charge is 0.255 e. The molecule has 0 saturated carbocycles. The van der Waals surface area contributed by atoms with Gasteiger partial charge in [-0.1, -0.05) is 19.9 Å². The van der Waals surface area contributed by atoms with Crippen LogP contribution in [0.4, 0.5) is 11.4 Å². The second-order valence-electron chi connectivity index (χ2n) is 12.4. The quantitative estimate of drug-likeness (QED) is 0.353. The number of carbonyl (C=O) groups excluding carboxylic acids is 3. The number of fused-ring (bicyclic) bond motifs is 1. The summed E-state index contributed by atoms with van der Waals surface area (Å²) in [6.07, 6.45) is 3.07. The first-order chi connectivity index (χ1) is 21.9. The highest BCUT2D eigenvalue weighted by Crippen LogP contribution is 2.34. The van der Waals surface area contributed by atoms with Crippen molar-refractivity contribution in [3.63, 3.8) is 0 Å². The third kappa shape index (κ3) is 6.86. The number of rotatable bonds is 7. The summed E-state index contributed by atoms with van der Waals surface area (Å²) in [5.74, 6) is -0.745. The highest BCUT2D eigenvalue weighted by molar-refractivity contribution is 7.97. The Hall–Kier alpha value is -3.12. The minimum atomic E-state index is -0.574. The largest absolute Gasteiger partial charge is 0.369 e. The number of benzene rings is 2. The van der Waals surface area contributed by atoms with E-state index in [1.165, 1.54) is 23.4 Å². The maximum absolute atomic E-state index is 13.0. The molecule has 242 valence electrons. The second-order valence-corrected chi connectivity index (χ2v) is 13.6. The van der Waals surface area contributed by atoms with Crippen molar-refractivity contribution in [2.75, 3.05) is 69.2 Å². The molecule has 5 heterocycles. The first-order valence-corrected chi connectivity index (χ1v) is 17.4. The number of imide groups is 1. The van der Waals surface area contributed by atoms with Gasteiger partial charge in [0.05, 0.1) is 0 Å². The summed E-state index contributed by atoms with van der Waals surface area (Å²) < 4.78 is 2.50. The molecule has 0 aromatic heterocycles. The Morgan fingerprint density at radius 1 is 0.844 bits per heavy atom. The number of piperidine rings is 2. The van der Waals surface area contributed by atoms with Crippen LogP contribution in [0, 0.1) is 0 Å². The lowest BCUT2D eigenvalue weighted by Gasteiger charge is -2.49. The average molecular weight is 634 g/mol. The predicted octanol–water partition coefficient (Wildman–Crippen LogP) is 3.18. The number of hydrogen-bond donors (Lipinski definition) is 2. The van der Waals surface area contributed by atoms with Gasteiger partial charge in [-0.25, -0.2) is 4.31 Å². The molecule has 2 N–H and O–H groups in total. The summed E-state index contributed by atoms with van der Waals surface area (Å²) in [5, 5.41) is 5.79. The molecule has 1 atom stereocenters. The van der Waals surface area contributed by atoms with Crippen LogP contribution in [0.1, 0.15) is 55.5 Å². The van der Waals surface area contributed by atoms with Crippen molar-refractivity contribution in [3.05, 3.63) is 53.6 Å². The third-order valence-electron chi connectivity index (χ3n) is 9.84. The second kappa shape index (κ2) is 14.1. The van der Waals surface area contributed by atoms with Crippen molar-refractivity contribution >= 4 is 41.0 Å². The fourth-order valence-corrected chi connectivity index (χ4v) is 8.13. The monoisotopic (exact) mass is 633 g/mol. The lowest BCUT2D eigenvalue weighted by atomic mass is 10.0. The summed E-state index contributed by atoms with van der Waals surface area (Å²) in [4.78, 5) is 47.4. The third-order valence-corrected chi connectivity index (χ3v) is 10.9. The van der Waals surface area contributed by atoms with E-state index in [-0.39, 0.29) is 24.1 Å².